The lowest BCUT2D eigenvalue weighted by atomic mass is 9.89. The van der Waals surface area contributed by atoms with Gasteiger partial charge < -0.3 is 26.0 Å². The minimum atomic E-state index is -1.28. The quantitative estimate of drug-likeness (QED) is 0.262. The van der Waals surface area contributed by atoms with Crippen LogP contribution in [0.3, 0.4) is 0 Å². The second-order valence-electron chi connectivity index (χ2n) is 11.6. The molecule has 10 nitrogen and oxygen atoms in total. The number of benzene rings is 2. The number of amides is 4. The smallest absolute Gasteiger partial charge is 0.289 e. The molecule has 11 heteroatoms. The molecule has 0 bridgehead atoms. The average molecular weight is 645 g/mol. The molecule has 2 unspecified atom stereocenters. The van der Waals surface area contributed by atoms with E-state index in [-0.39, 0.29) is 38.0 Å². The molecular weight excluding hydrogens is 608 g/mol. The highest BCUT2D eigenvalue weighted by Crippen LogP contribution is 2.27. The molecule has 4 amide bonds. The molecule has 0 saturated carbocycles. The fourth-order valence-corrected chi connectivity index (χ4v) is 5.92. The molecule has 2 aromatic carbocycles. The molecule has 5 rings (SSSR count). The van der Waals surface area contributed by atoms with Gasteiger partial charge in [-0.25, -0.2) is 0 Å². The Balaban J connectivity index is 1.33. The van der Waals surface area contributed by atoms with E-state index >= 15 is 0 Å². The van der Waals surface area contributed by atoms with Crippen molar-refractivity contribution in [1.29, 1.82) is 0 Å². The molecule has 2 aromatic rings. The molecule has 1 aliphatic carbocycles. The number of allylic oxidation sites excluding steroid dienone is 2. The highest BCUT2D eigenvalue weighted by atomic mass is 35.5. The third-order valence-corrected chi connectivity index (χ3v) is 8.47. The van der Waals surface area contributed by atoms with E-state index in [9.17, 15) is 24.0 Å². The van der Waals surface area contributed by atoms with Gasteiger partial charge in [0.05, 0.1) is 18.6 Å². The normalized spacial score (nSPS) is 21.8. The molecule has 2 aliphatic heterocycles. The Kier molecular flexibility index (Phi) is 11.2. The zero-order valence-corrected chi connectivity index (χ0v) is 26.0. The second-order valence-corrected chi connectivity index (χ2v) is 12.1. The van der Waals surface area contributed by atoms with Gasteiger partial charge in [-0.15, -0.1) is 0 Å². The lowest BCUT2D eigenvalue weighted by molar-refractivity contribution is -0.141. The summed E-state index contributed by atoms with van der Waals surface area (Å²) >= 11 is 6.15. The van der Waals surface area contributed by atoms with Crippen LogP contribution in [0.5, 0.6) is 0 Å². The first-order chi connectivity index (χ1) is 22.3. The van der Waals surface area contributed by atoms with Gasteiger partial charge in [-0.2, -0.15) is 0 Å². The minimum Gasteiger partial charge on any atom is -0.368 e. The monoisotopic (exact) mass is 644 g/mol. The molecule has 3 aliphatic rings. The van der Waals surface area contributed by atoms with Gasteiger partial charge in [0.25, 0.3) is 5.91 Å². The Morgan fingerprint density at radius 1 is 0.957 bits per heavy atom. The van der Waals surface area contributed by atoms with Crippen molar-refractivity contribution in [3.63, 3.8) is 0 Å². The number of hydrogen-bond acceptors (Lipinski definition) is 6. The zero-order valence-electron chi connectivity index (χ0n) is 25.2. The van der Waals surface area contributed by atoms with Crippen LogP contribution in [0, 0.1) is 11.8 Å². The van der Waals surface area contributed by atoms with Gasteiger partial charge >= 0.3 is 0 Å². The highest BCUT2D eigenvalue weighted by molar-refractivity contribution is 6.38. The highest BCUT2D eigenvalue weighted by Gasteiger charge is 2.36. The van der Waals surface area contributed by atoms with Crippen molar-refractivity contribution < 1.29 is 28.7 Å². The van der Waals surface area contributed by atoms with E-state index in [0.717, 1.165) is 16.7 Å². The van der Waals surface area contributed by atoms with Crippen molar-refractivity contribution in [1.82, 2.24) is 21.3 Å². The number of rotatable bonds is 12. The number of nitrogens with one attached hydrogen (secondary N) is 4. The summed E-state index contributed by atoms with van der Waals surface area (Å²) in [6, 6.07) is 15.9. The third-order valence-electron chi connectivity index (χ3n) is 8.24. The van der Waals surface area contributed by atoms with Crippen molar-refractivity contribution in [3.8, 4) is 0 Å². The number of fused-ring (bicyclic) bond motifs is 1. The summed E-state index contributed by atoms with van der Waals surface area (Å²) in [7, 11) is 0. The third kappa shape index (κ3) is 8.80. The maximum Gasteiger partial charge on any atom is 0.289 e. The average Bonchev–Trinajstić information content (AvgIpc) is 3.07. The fourth-order valence-electron chi connectivity index (χ4n) is 5.72. The molecule has 0 spiro atoms. The van der Waals surface area contributed by atoms with E-state index in [1.54, 1.807) is 18.2 Å². The van der Waals surface area contributed by atoms with Gasteiger partial charge in [0.15, 0.2) is 0 Å². The van der Waals surface area contributed by atoms with Crippen molar-refractivity contribution in [2.75, 3.05) is 13.2 Å². The Morgan fingerprint density at radius 2 is 1.67 bits per heavy atom. The molecule has 0 radical (unpaired) electrons. The standard InChI is InChI=1S/C35H37ClN4O6/c36-27-13-14-30-25(18-27)17-26(21-46-30)33(43)40-29(16-22-8-3-1-4-9-22)34(44)39-28(19-24-12-7-15-37-32(24)42)31(41)35(45)38-20-23-10-5-2-6-11-23/h1-6,8-11,13-14,17-18,24,26,28-30H,7,12,15-16,19-21H2,(H,37,42)(H,38,45)(H,39,44)(H,40,43)/t24-,26?,28-,29-,30?/m0/s1. The van der Waals surface area contributed by atoms with Gasteiger partial charge in [-0.1, -0.05) is 78.3 Å². The molecule has 5 atom stereocenters. The van der Waals surface area contributed by atoms with Crippen LogP contribution >= 0.6 is 11.6 Å². The Morgan fingerprint density at radius 3 is 2.39 bits per heavy atom. The van der Waals surface area contributed by atoms with E-state index in [2.05, 4.69) is 21.3 Å². The van der Waals surface area contributed by atoms with Crippen LogP contribution in [-0.2, 0) is 41.7 Å². The summed E-state index contributed by atoms with van der Waals surface area (Å²) in [5, 5.41) is 11.5. The summed E-state index contributed by atoms with van der Waals surface area (Å²) in [6.45, 7) is 0.761. The Bertz CT molecular complexity index is 1540. The summed E-state index contributed by atoms with van der Waals surface area (Å²) < 4.78 is 5.85. The molecule has 1 fully saturated rings. The fraction of sp³-hybridized carbons (Fsp3) is 0.343. The number of ether oxygens (including phenoxy) is 1. The maximum atomic E-state index is 13.9. The number of carbonyl (C=O) groups is 5. The van der Waals surface area contributed by atoms with E-state index < -0.39 is 47.4 Å². The minimum absolute atomic E-state index is 0.0499. The van der Waals surface area contributed by atoms with E-state index in [1.165, 1.54) is 0 Å². The summed E-state index contributed by atoms with van der Waals surface area (Å²) in [5.41, 5.74) is 2.33. The van der Waals surface area contributed by atoms with Crippen LogP contribution in [0.2, 0.25) is 0 Å². The number of carbonyl (C=O) groups excluding carboxylic acids is 5. The van der Waals surface area contributed by atoms with Crippen molar-refractivity contribution in [3.05, 3.63) is 107 Å². The predicted molar refractivity (Wildman–Crippen MR) is 172 cm³/mol. The van der Waals surface area contributed by atoms with Gasteiger partial charge in [-0.05, 0) is 54.2 Å². The van der Waals surface area contributed by atoms with E-state index in [4.69, 9.17) is 16.3 Å². The molecule has 4 N–H and O–H groups in total. The van der Waals surface area contributed by atoms with Crippen LogP contribution in [-0.4, -0.2) is 60.8 Å². The Labute approximate surface area is 272 Å². The van der Waals surface area contributed by atoms with Crippen LogP contribution in [0.1, 0.15) is 30.4 Å². The van der Waals surface area contributed by atoms with Gasteiger partial charge in [0.1, 0.15) is 12.1 Å². The lowest BCUT2D eigenvalue weighted by Gasteiger charge is -2.29. The van der Waals surface area contributed by atoms with E-state index in [0.29, 0.717) is 24.4 Å². The first-order valence-electron chi connectivity index (χ1n) is 15.4. The molecular formula is C35H37ClN4O6. The summed E-state index contributed by atoms with van der Waals surface area (Å²) in [4.78, 5) is 66.5. The van der Waals surface area contributed by atoms with Gasteiger partial charge in [0.2, 0.25) is 23.5 Å². The molecule has 2 heterocycles. The largest absolute Gasteiger partial charge is 0.368 e. The lowest BCUT2D eigenvalue weighted by Crippen LogP contribution is -2.56. The number of halogens is 1. The molecule has 1 saturated heterocycles. The van der Waals surface area contributed by atoms with Gasteiger partial charge in [-0.3, -0.25) is 24.0 Å². The number of piperidine rings is 1. The number of Topliss-reactive ketones (excluding diaryl/α,β-unsaturated/α-hetero) is 1. The van der Waals surface area contributed by atoms with Crippen LogP contribution in [0.4, 0.5) is 0 Å². The van der Waals surface area contributed by atoms with Crippen LogP contribution in [0.25, 0.3) is 0 Å². The van der Waals surface area contributed by atoms with Crippen molar-refractivity contribution in [2.45, 2.75) is 50.4 Å². The first kappa shape index (κ1) is 32.8. The summed E-state index contributed by atoms with van der Waals surface area (Å²) in [5.74, 6) is -4.29. The van der Waals surface area contributed by atoms with Gasteiger partial charge in [0, 0.05) is 30.5 Å². The maximum absolute atomic E-state index is 13.9. The topological polar surface area (TPSA) is 143 Å². The predicted octanol–water partition coefficient (Wildman–Crippen LogP) is 2.63. The van der Waals surface area contributed by atoms with Crippen LogP contribution < -0.4 is 21.3 Å². The van der Waals surface area contributed by atoms with Crippen molar-refractivity contribution in [2.24, 2.45) is 11.8 Å². The zero-order chi connectivity index (χ0) is 32.5. The number of ketones is 1. The molecule has 0 aromatic heterocycles. The SMILES string of the molecule is O=C(NCc1ccccc1)C(=O)[C@H](C[C@@H]1CCCNC1=O)NC(=O)[C@H](Cc1ccccc1)NC(=O)C1C=C2C=C(Cl)C=CC2OC1. The van der Waals surface area contributed by atoms with Crippen LogP contribution in [0.15, 0.2) is 95.6 Å². The first-order valence-corrected chi connectivity index (χ1v) is 15.8. The molecule has 46 heavy (non-hydrogen) atoms. The molecule has 240 valence electrons. The summed E-state index contributed by atoms with van der Waals surface area (Å²) in [6.07, 6.45) is 8.08. The second kappa shape index (κ2) is 15.6. The number of hydrogen-bond donors (Lipinski definition) is 4. The van der Waals surface area contributed by atoms with Crippen molar-refractivity contribution >= 4 is 41.0 Å². The Hall–Kier alpha value is -4.54. The van der Waals surface area contributed by atoms with E-state index in [1.807, 2.05) is 66.7 Å².